The minimum Gasteiger partial charge on any atom is -0.497 e. The summed E-state index contributed by atoms with van der Waals surface area (Å²) in [5, 5.41) is 1.93. The van der Waals surface area contributed by atoms with E-state index in [9.17, 15) is 8.42 Å². The quantitative estimate of drug-likeness (QED) is 0.412. The summed E-state index contributed by atoms with van der Waals surface area (Å²) in [6.07, 6.45) is 2.99. The van der Waals surface area contributed by atoms with Gasteiger partial charge in [0.2, 0.25) is 15.9 Å². The van der Waals surface area contributed by atoms with Gasteiger partial charge in [-0.15, -0.1) is 11.3 Å². The number of furan rings is 1. The molecule has 0 spiro atoms. The topological polar surface area (TPSA) is 85.8 Å². The molecule has 0 saturated heterocycles. The predicted molar refractivity (Wildman–Crippen MR) is 108 cm³/mol. The van der Waals surface area contributed by atoms with Gasteiger partial charge in [-0.2, -0.15) is 4.31 Å². The molecule has 0 aliphatic rings. The first kappa shape index (κ1) is 19.4. The van der Waals surface area contributed by atoms with Crippen LogP contribution >= 0.6 is 11.3 Å². The second kappa shape index (κ2) is 8.24. The standard InChI is InChI=1S/C20H18N2O5S2/c1-25-16-6-8-18(9-7-16)29(23,24)22(13-17-4-2-10-26-17)12-15-14-27-20(21-15)19-5-3-11-28-19/h2-11,14H,12-13H2,1H3. The molecule has 0 atom stereocenters. The summed E-state index contributed by atoms with van der Waals surface area (Å²) < 4.78 is 43.9. The Balaban J connectivity index is 1.64. The average molecular weight is 431 g/mol. The first-order valence-electron chi connectivity index (χ1n) is 8.71. The molecule has 1 aromatic carbocycles. The number of sulfonamides is 1. The highest BCUT2D eigenvalue weighted by Gasteiger charge is 2.27. The van der Waals surface area contributed by atoms with Gasteiger partial charge in [0.15, 0.2) is 0 Å². The van der Waals surface area contributed by atoms with Crippen molar-refractivity contribution < 1.29 is 22.0 Å². The molecule has 0 bridgehead atoms. The van der Waals surface area contributed by atoms with Crippen molar-refractivity contribution in [3.63, 3.8) is 0 Å². The Morgan fingerprint density at radius 1 is 1.07 bits per heavy atom. The second-order valence-corrected chi connectivity index (χ2v) is 9.03. The molecule has 0 radical (unpaired) electrons. The van der Waals surface area contributed by atoms with Crippen LogP contribution in [-0.2, 0) is 23.1 Å². The number of methoxy groups -OCH3 is 1. The van der Waals surface area contributed by atoms with Gasteiger partial charge in [-0.05, 0) is 47.8 Å². The van der Waals surface area contributed by atoms with E-state index in [1.54, 1.807) is 24.3 Å². The van der Waals surface area contributed by atoms with Gasteiger partial charge < -0.3 is 13.6 Å². The zero-order chi connectivity index (χ0) is 20.3. The van der Waals surface area contributed by atoms with E-state index in [4.69, 9.17) is 13.6 Å². The lowest BCUT2D eigenvalue weighted by atomic mass is 10.3. The fourth-order valence-corrected chi connectivity index (χ4v) is 4.81. The van der Waals surface area contributed by atoms with Crippen molar-refractivity contribution in [3.8, 4) is 16.5 Å². The largest absolute Gasteiger partial charge is 0.497 e. The number of hydrogen-bond acceptors (Lipinski definition) is 7. The lowest BCUT2D eigenvalue weighted by molar-refractivity contribution is 0.355. The third-order valence-electron chi connectivity index (χ3n) is 4.23. The third-order valence-corrected chi connectivity index (χ3v) is 6.90. The van der Waals surface area contributed by atoms with Crippen LogP contribution in [0.15, 0.2) is 80.2 Å². The average Bonchev–Trinajstić information content (AvgIpc) is 3.49. The van der Waals surface area contributed by atoms with E-state index in [2.05, 4.69) is 4.98 Å². The van der Waals surface area contributed by atoms with Gasteiger partial charge in [0.05, 0.1) is 41.9 Å². The van der Waals surface area contributed by atoms with Crippen molar-refractivity contribution in [2.75, 3.05) is 7.11 Å². The number of thiophene rings is 1. The van der Waals surface area contributed by atoms with Gasteiger partial charge in [-0.25, -0.2) is 13.4 Å². The third kappa shape index (κ3) is 4.26. The molecule has 7 nitrogen and oxygen atoms in total. The van der Waals surface area contributed by atoms with Gasteiger partial charge in [-0.1, -0.05) is 6.07 Å². The minimum absolute atomic E-state index is 0.0456. The van der Waals surface area contributed by atoms with Crippen molar-refractivity contribution in [3.05, 3.63) is 77.9 Å². The van der Waals surface area contributed by atoms with Crippen molar-refractivity contribution in [1.29, 1.82) is 0 Å². The minimum atomic E-state index is -3.81. The van der Waals surface area contributed by atoms with Crippen LogP contribution in [0.3, 0.4) is 0 Å². The molecule has 29 heavy (non-hydrogen) atoms. The maximum Gasteiger partial charge on any atom is 0.243 e. The molecule has 4 aromatic rings. The van der Waals surface area contributed by atoms with Gasteiger partial charge >= 0.3 is 0 Å². The van der Waals surface area contributed by atoms with Gasteiger partial charge in [0.1, 0.15) is 17.8 Å². The fourth-order valence-electron chi connectivity index (χ4n) is 2.77. The van der Waals surface area contributed by atoms with Crippen molar-refractivity contribution in [2.24, 2.45) is 0 Å². The number of benzene rings is 1. The first-order chi connectivity index (χ1) is 14.1. The van der Waals surface area contributed by atoms with Crippen LogP contribution < -0.4 is 4.74 Å². The van der Waals surface area contributed by atoms with Crippen LogP contribution in [0.5, 0.6) is 5.75 Å². The maximum atomic E-state index is 13.3. The first-order valence-corrected chi connectivity index (χ1v) is 11.0. The lowest BCUT2D eigenvalue weighted by Gasteiger charge is -2.20. The van der Waals surface area contributed by atoms with E-state index in [1.807, 2.05) is 17.5 Å². The summed E-state index contributed by atoms with van der Waals surface area (Å²) in [4.78, 5) is 5.48. The summed E-state index contributed by atoms with van der Waals surface area (Å²) in [6, 6.07) is 13.5. The van der Waals surface area contributed by atoms with Crippen LogP contribution in [0, 0.1) is 0 Å². The Morgan fingerprint density at radius 2 is 1.90 bits per heavy atom. The molecule has 3 heterocycles. The normalized spacial score (nSPS) is 11.8. The van der Waals surface area contributed by atoms with E-state index in [0.717, 1.165) is 4.88 Å². The zero-order valence-electron chi connectivity index (χ0n) is 15.5. The van der Waals surface area contributed by atoms with Crippen LogP contribution in [0.2, 0.25) is 0 Å². The Bertz CT molecular complexity index is 1150. The predicted octanol–water partition coefficient (Wildman–Crippen LogP) is 4.40. The molecule has 0 amide bonds. The van der Waals surface area contributed by atoms with E-state index in [1.165, 1.54) is 47.4 Å². The monoisotopic (exact) mass is 430 g/mol. The molecular formula is C20H18N2O5S2. The van der Waals surface area contributed by atoms with Gasteiger partial charge in [-0.3, -0.25) is 0 Å². The summed E-state index contributed by atoms with van der Waals surface area (Å²) in [5.74, 6) is 1.58. The number of nitrogens with zero attached hydrogens (tertiary/aromatic N) is 2. The molecular weight excluding hydrogens is 412 g/mol. The highest BCUT2D eigenvalue weighted by Crippen LogP contribution is 2.26. The Labute approximate surface area is 172 Å². The molecule has 0 unspecified atom stereocenters. The van der Waals surface area contributed by atoms with Crippen LogP contribution in [0.1, 0.15) is 11.5 Å². The number of ether oxygens (including phenoxy) is 1. The Morgan fingerprint density at radius 3 is 2.55 bits per heavy atom. The molecule has 0 N–H and O–H groups in total. The fraction of sp³-hybridized carbons (Fsp3) is 0.150. The highest BCUT2D eigenvalue weighted by molar-refractivity contribution is 7.89. The molecule has 0 aliphatic heterocycles. The maximum absolute atomic E-state index is 13.3. The summed E-state index contributed by atoms with van der Waals surface area (Å²) in [5.41, 5.74) is 0.511. The van der Waals surface area contributed by atoms with E-state index in [-0.39, 0.29) is 18.0 Å². The molecule has 150 valence electrons. The van der Waals surface area contributed by atoms with E-state index < -0.39 is 10.0 Å². The molecule has 9 heteroatoms. The molecule has 0 fully saturated rings. The van der Waals surface area contributed by atoms with Crippen LogP contribution in [-0.4, -0.2) is 24.8 Å². The molecule has 4 rings (SSSR count). The van der Waals surface area contributed by atoms with Crippen LogP contribution in [0.4, 0.5) is 0 Å². The zero-order valence-corrected chi connectivity index (χ0v) is 17.2. The molecule has 3 aromatic heterocycles. The van der Waals surface area contributed by atoms with Gasteiger partial charge in [0, 0.05) is 0 Å². The molecule has 0 saturated carbocycles. The number of hydrogen-bond donors (Lipinski definition) is 0. The summed E-state index contributed by atoms with van der Waals surface area (Å²) in [6.45, 7) is 0.118. The number of aromatic nitrogens is 1. The van der Waals surface area contributed by atoms with E-state index >= 15 is 0 Å². The Hall–Kier alpha value is -2.88. The highest BCUT2D eigenvalue weighted by atomic mass is 32.2. The number of oxazole rings is 1. The number of rotatable bonds is 8. The second-order valence-electron chi connectivity index (χ2n) is 6.15. The Kier molecular flexibility index (Phi) is 5.52. The summed E-state index contributed by atoms with van der Waals surface area (Å²) >= 11 is 1.50. The molecule has 0 aliphatic carbocycles. The van der Waals surface area contributed by atoms with Crippen LogP contribution in [0.25, 0.3) is 10.8 Å². The van der Waals surface area contributed by atoms with Crippen molar-refractivity contribution in [2.45, 2.75) is 18.0 Å². The smallest absolute Gasteiger partial charge is 0.243 e. The SMILES string of the molecule is COc1ccc(S(=O)(=O)N(Cc2coc(-c3cccs3)n2)Cc2ccco2)cc1. The summed E-state index contributed by atoms with van der Waals surface area (Å²) in [7, 11) is -2.28. The van der Waals surface area contributed by atoms with Gasteiger partial charge in [0.25, 0.3) is 0 Å². The van der Waals surface area contributed by atoms with E-state index in [0.29, 0.717) is 23.1 Å². The lowest BCUT2D eigenvalue weighted by Crippen LogP contribution is -2.30. The van der Waals surface area contributed by atoms with Crippen molar-refractivity contribution >= 4 is 21.4 Å². The van der Waals surface area contributed by atoms with Crippen molar-refractivity contribution in [1.82, 2.24) is 9.29 Å².